The van der Waals surface area contributed by atoms with E-state index in [2.05, 4.69) is 48.7 Å². The maximum absolute atomic E-state index is 12.1. The van der Waals surface area contributed by atoms with E-state index in [4.69, 9.17) is 9.47 Å². The number of hydrogen-bond acceptors (Lipinski definition) is 6. The van der Waals surface area contributed by atoms with Crippen LogP contribution in [0.3, 0.4) is 0 Å². The van der Waals surface area contributed by atoms with Crippen molar-refractivity contribution in [3.63, 3.8) is 0 Å². The Labute approximate surface area is 226 Å². The fourth-order valence-electron chi connectivity index (χ4n) is 3.83. The summed E-state index contributed by atoms with van der Waals surface area (Å²) in [4.78, 5) is 24.2. The van der Waals surface area contributed by atoms with Crippen molar-refractivity contribution >= 4 is 23.3 Å². The van der Waals surface area contributed by atoms with Crippen molar-refractivity contribution in [2.45, 2.75) is 65.5 Å². The second kappa shape index (κ2) is 16.1. The third kappa shape index (κ3) is 9.92. The molecule has 0 aromatic heterocycles. The van der Waals surface area contributed by atoms with Crippen molar-refractivity contribution in [2.24, 2.45) is 0 Å². The molecule has 0 saturated carbocycles. The first-order valence-corrected chi connectivity index (χ1v) is 13.7. The van der Waals surface area contributed by atoms with Gasteiger partial charge in [0.2, 0.25) is 0 Å². The summed E-state index contributed by atoms with van der Waals surface area (Å²) in [6.45, 7) is 6.56. The minimum Gasteiger partial charge on any atom is -0.462 e. The molecule has 0 aliphatic rings. The summed E-state index contributed by atoms with van der Waals surface area (Å²) in [5, 5.41) is 6.78. The molecule has 202 valence electrons. The van der Waals surface area contributed by atoms with E-state index in [-0.39, 0.29) is 11.9 Å². The molecule has 0 bridgehead atoms. The number of rotatable bonds is 16. The topological polar surface area (TPSA) is 76.7 Å². The van der Waals surface area contributed by atoms with E-state index < -0.39 is 0 Å². The molecule has 0 heterocycles. The number of benzene rings is 3. The van der Waals surface area contributed by atoms with Gasteiger partial charge in [0, 0.05) is 24.5 Å². The molecule has 0 saturated heterocycles. The van der Waals surface area contributed by atoms with E-state index in [1.807, 2.05) is 24.3 Å². The predicted molar refractivity (Wildman–Crippen MR) is 154 cm³/mol. The molecule has 3 rings (SSSR count). The number of esters is 2. The summed E-state index contributed by atoms with van der Waals surface area (Å²) >= 11 is 0. The zero-order chi connectivity index (χ0) is 27.0. The van der Waals surface area contributed by atoms with E-state index >= 15 is 0 Å². The van der Waals surface area contributed by atoms with Crippen molar-refractivity contribution < 1.29 is 19.1 Å². The molecular weight excluding hydrogens is 476 g/mol. The monoisotopic (exact) mass is 516 g/mol. The van der Waals surface area contributed by atoms with E-state index in [1.54, 1.807) is 24.3 Å². The Morgan fingerprint density at radius 3 is 1.26 bits per heavy atom. The molecule has 0 radical (unpaired) electrons. The second-order valence-corrected chi connectivity index (χ2v) is 9.36. The van der Waals surface area contributed by atoms with Crippen molar-refractivity contribution in [3.05, 3.63) is 95.1 Å². The number of carbonyl (C=O) groups excluding carboxylic acids is 2. The molecule has 0 spiro atoms. The van der Waals surface area contributed by atoms with Gasteiger partial charge in [-0.25, -0.2) is 9.59 Å². The molecule has 0 fully saturated rings. The summed E-state index contributed by atoms with van der Waals surface area (Å²) in [6.07, 6.45) is 6.15. The lowest BCUT2D eigenvalue weighted by Gasteiger charge is -2.10. The first-order chi connectivity index (χ1) is 18.6. The molecule has 6 heteroatoms. The average Bonchev–Trinajstić information content (AvgIpc) is 2.96. The third-order valence-electron chi connectivity index (χ3n) is 6.22. The molecule has 0 atom stereocenters. The highest BCUT2D eigenvalue weighted by molar-refractivity contribution is 5.90. The van der Waals surface area contributed by atoms with Gasteiger partial charge >= 0.3 is 11.9 Å². The summed E-state index contributed by atoms with van der Waals surface area (Å²) in [6, 6.07) is 23.2. The second-order valence-electron chi connectivity index (χ2n) is 9.36. The lowest BCUT2D eigenvalue weighted by Crippen LogP contribution is -2.07. The first-order valence-electron chi connectivity index (χ1n) is 13.7. The largest absolute Gasteiger partial charge is 0.462 e. The van der Waals surface area contributed by atoms with Crippen LogP contribution in [0.4, 0.5) is 11.4 Å². The molecule has 0 amide bonds. The zero-order valence-corrected chi connectivity index (χ0v) is 22.6. The number of unbranched alkanes of at least 4 members (excludes halogenated alkanes) is 4. The Kier molecular flexibility index (Phi) is 12.2. The normalized spacial score (nSPS) is 10.6. The number of hydrogen-bond donors (Lipinski definition) is 2. The van der Waals surface area contributed by atoms with Crippen molar-refractivity contribution in [3.8, 4) is 0 Å². The van der Waals surface area contributed by atoms with Gasteiger partial charge in [-0.15, -0.1) is 0 Å². The number of nitrogens with one attached hydrogen (secondary N) is 2. The van der Waals surface area contributed by atoms with E-state index in [0.717, 1.165) is 61.0 Å². The summed E-state index contributed by atoms with van der Waals surface area (Å²) in [7, 11) is 0. The molecule has 3 aromatic rings. The molecular formula is C32H40N2O4. The Morgan fingerprint density at radius 2 is 0.921 bits per heavy atom. The molecule has 38 heavy (non-hydrogen) atoms. The minimum absolute atomic E-state index is 0.270. The average molecular weight is 517 g/mol. The van der Waals surface area contributed by atoms with Gasteiger partial charge in [-0.05, 0) is 72.5 Å². The maximum atomic E-state index is 12.1. The first kappa shape index (κ1) is 28.8. The van der Waals surface area contributed by atoms with Gasteiger partial charge in [-0.1, -0.05) is 63.8 Å². The predicted octanol–water partition coefficient (Wildman–Crippen LogP) is 7.60. The number of carbonyl (C=O) groups is 2. The van der Waals surface area contributed by atoms with Gasteiger partial charge in [-0.3, -0.25) is 0 Å². The molecule has 0 aliphatic heterocycles. The fourth-order valence-corrected chi connectivity index (χ4v) is 3.83. The lowest BCUT2D eigenvalue weighted by molar-refractivity contribution is 0.0489. The van der Waals surface area contributed by atoms with Crippen molar-refractivity contribution in [1.29, 1.82) is 0 Å². The van der Waals surface area contributed by atoms with Gasteiger partial charge in [0.05, 0.1) is 24.3 Å². The fraction of sp³-hybridized carbons (Fsp3) is 0.375. The van der Waals surface area contributed by atoms with Gasteiger partial charge in [-0.2, -0.15) is 0 Å². The molecule has 2 N–H and O–H groups in total. The Bertz CT molecular complexity index is 1020. The van der Waals surface area contributed by atoms with Gasteiger partial charge < -0.3 is 20.1 Å². The van der Waals surface area contributed by atoms with Gasteiger partial charge in [0.1, 0.15) is 0 Å². The van der Waals surface area contributed by atoms with E-state index in [9.17, 15) is 9.59 Å². The SMILES string of the molecule is CCCCCOC(=O)c1ccc(NCc2ccc(CNc3ccc(C(=O)OCCCCC)cc3)cc2)cc1. The van der Waals surface area contributed by atoms with Crippen LogP contribution in [0.5, 0.6) is 0 Å². The number of anilines is 2. The van der Waals surface area contributed by atoms with E-state index in [0.29, 0.717) is 37.4 Å². The highest BCUT2D eigenvalue weighted by Crippen LogP contribution is 2.15. The maximum Gasteiger partial charge on any atom is 0.338 e. The van der Waals surface area contributed by atoms with Crippen LogP contribution in [-0.2, 0) is 22.6 Å². The van der Waals surface area contributed by atoms with Crippen molar-refractivity contribution in [1.82, 2.24) is 0 Å². The Balaban J connectivity index is 1.39. The highest BCUT2D eigenvalue weighted by atomic mass is 16.5. The summed E-state index contributed by atoms with van der Waals surface area (Å²) in [5.74, 6) is -0.541. The van der Waals surface area contributed by atoms with Crippen LogP contribution in [-0.4, -0.2) is 25.2 Å². The minimum atomic E-state index is -0.270. The van der Waals surface area contributed by atoms with Crippen LogP contribution in [0.15, 0.2) is 72.8 Å². The van der Waals surface area contributed by atoms with Crippen LogP contribution in [0.1, 0.15) is 84.2 Å². The van der Waals surface area contributed by atoms with Gasteiger partial charge in [0.15, 0.2) is 0 Å². The summed E-state index contributed by atoms with van der Waals surface area (Å²) in [5.41, 5.74) is 5.37. The van der Waals surface area contributed by atoms with Crippen LogP contribution < -0.4 is 10.6 Å². The summed E-state index contributed by atoms with van der Waals surface area (Å²) < 4.78 is 10.6. The third-order valence-corrected chi connectivity index (χ3v) is 6.22. The quantitative estimate of drug-likeness (QED) is 0.151. The lowest BCUT2D eigenvalue weighted by atomic mass is 10.1. The number of ether oxygens (including phenoxy) is 2. The smallest absolute Gasteiger partial charge is 0.338 e. The Hall–Kier alpha value is -3.80. The van der Waals surface area contributed by atoms with E-state index in [1.165, 1.54) is 0 Å². The Morgan fingerprint density at radius 1 is 0.553 bits per heavy atom. The van der Waals surface area contributed by atoms with Crippen molar-refractivity contribution in [2.75, 3.05) is 23.8 Å². The standard InChI is InChI=1S/C32H40N2O4/c1-3-5-7-21-37-31(35)27-13-17-29(18-14-27)33-23-25-9-11-26(12-10-25)24-34-30-19-15-28(16-20-30)32(36)38-22-8-6-4-2/h9-20,33-34H,3-8,21-24H2,1-2H3. The molecule has 0 aliphatic carbocycles. The highest BCUT2D eigenvalue weighted by Gasteiger charge is 2.08. The van der Waals surface area contributed by atoms with Gasteiger partial charge in [0.25, 0.3) is 0 Å². The van der Waals surface area contributed by atoms with Crippen LogP contribution >= 0.6 is 0 Å². The molecule has 3 aromatic carbocycles. The van der Waals surface area contributed by atoms with Crippen LogP contribution in [0.2, 0.25) is 0 Å². The zero-order valence-electron chi connectivity index (χ0n) is 22.6. The molecule has 6 nitrogen and oxygen atoms in total. The van der Waals surface area contributed by atoms with Crippen LogP contribution in [0.25, 0.3) is 0 Å². The molecule has 0 unspecified atom stereocenters. The van der Waals surface area contributed by atoms with Crippen LogP contribution in [0, 0.1) is 0 Å².